The first-order valence-corrected chi connectivity index (χ1v) is 4.20. The van der Waals surface area contributed by atoms with Crippen LogP contribution in [0.15, 0.2) is 36.7 Å². The molecule has 2 aromatic rings. The molecule has 1 aromatic heterocycles. The molecule has 1 heterocycles. The van der Waals surface area contributed by atoms with E-state index < -0.39 is 0 Å². The van der Waals surface area contributed by atoms with Crippen LogP contribution in [0.2, 0.25) is 0 Å². The summed E-state index contributed by atoms with van der Waals surface area (Å²) in [5.41, 5.74) is 0.785. The molecule has 1 N–H and O–H groups in total. The standard InChI is InChI=1S/C10H9FN2O/c11-8-1-3-9(4-2-8)13-6-5-12-10(13)7-14/h1-6,14H,7H2. The summed E-state index contributed by atoms with van der Waals surface area (Å²) in [5, 5.41) is 8.97. The van der Waals surface area contributed by atoms with Gasteiger partial charge in [-0.15, -0.1) is 0 Å². The molecule has 1 aromatic carbocycles. The van der Waals surface area contributed by atoms with Crippen molar-refractivity contribution in [2.45, 2.75) is 6.61 Å². The first-order valence-electron chi connectivity index (χ1n) is 4.20. The Balaban J connectivity index is 2.44. The van der Waals surface area contributed by atoms with Crippen LogP contribution >= 0.6 is 0 Å². The van der Waals surface area contributed by atoms with Gasteiger partial charge in [0.25, 0.3) is 0 Å². The summed E-state index contributed by atoms with van der Waals surface area (Å²) < 4.78 is 14.3. The van der Waals surface area contributed by atoms with Crippen LogP contribution in [0.25, 0.3) is 5.69 Å². The fourth-order valence-electron chi connectivity index (χ4n) is 1.29. The van der Waals surface area contributed by atoms with E-state index in [9.17, 15) is 4.39 Å². The second-order valence-corrected chi connectivity index (χ2v) is 2.85. The SMILES string of the molecule is OCc1nccn1-c1ccc(F)cc1. The molecule has 0 bridgehead atoms. The zero-order valence-electron chi connectivity index (χ0n) is 7.39. The summed E-state index contributed by atoms with van der Waals surface area (Å²) in [6, 6.07) is 6.01. The minimum atomic E-state index is -0.278. The first-order chi connectivity index (χ1) is 6.81. The van der Waals surface area contributed by atoms with Crippen LogP contribution in [0.3, 0.4) is 0 Å². The van der Waals surface area contributed by atoms with Crippen molar-refractivity contribution in [3.8, 4) is 5.69 Å². The molecule has 0 atom stereocenters. The normalized spacial score (nSPS) is 10.4. The summed E-state index contributed by atoms with van der Waals surface area (Å²) >= 11 is 0. The van der Waals surface area contributed by atoms with Crippen molar-refractivity contribution < 1.29 is 9.50 Å². The summed E-state index contributed by atoms with van der Waals surface area (Å²) in [4.78, 5) is 3.95. The highest BCUT2D eigenvalue weighted by Crippen LogP contribution is 2.11. The number of aliphatic hydroxyl groups is 1. The lowest BCUT2D eigenvalue weighted by atomic mass is 10.3. The fourth-order valence-corrected chi connectivity index (χ4v) is 1.29. The highest BCUT2D eigenvalue weighted by molar-refractivity contribution is 5.33. The lowest BCUT2D eigenvalue weighted by Gasteiger charge is -2.04. The maximum Gasteiger partial charge on any atom is 0.139 e. The molecule has 0 spiro atoms. The fraction of sp³-hybridized carbons (Fsp3) is 0.100. The molecular weight excluding hydrogens is 183 g/mol. The van der Waals surface area contributed by atoms with E-state index in [4.69, 9.17) is 5.11 Å². The Kier molecular flexibility index (Phi) is 2.28. The number of aromatic nitrogens is 2. The van der Waals surface area contributed by atoms with Gasteiger partial charge in [0.2, 0.25) is 0 Å². The third-order valence-corrected chi connectivity index (χ3v) is 1.96. The topological polar surface area (TPSA) is 38.1 Å². The van der Waals surface area contributed by atoms with Crippen LogP contribution in [-0.2, 0) is 6.61 Å². The summed E-state index contributed by atoms with van der Waals surface area (Å²) in [6.07, 6.45) is 3.31. The average Bonchev–Trinajstić information content (AvgIpc) is 2.67. The number of rotatable bonds is 2. The second kappa shape index (κ2) is 3.59. The number of benzene rings is 1. The van der Waals surface area contributed by atoms with E-state index >= 15 is 0 Å². The molecule has 0 unspecified atom stereocenters. The van der Waals surface area contributed by atoms with Gasteiger partial charge < -0.3 is 9.67 Å². The van der Waals surface area contributed by atoms with E-state index in [-0.39, 0.29) is 12.4 Å². The molecule has 0 aliphatic heterocycles. The van der Waals surface area contributed by atoms with Gasteiger partial charge in [-0.1, -0.05) is 0 Å². The van der Waals surface area contributed by atoms with Crippen LogP contribution in [-0.4, -0.2) is 14.7 Å². The highest BCUT2D eigenvalue weighted by atomic mass is 19.1. The second-order valence-electron chi connectivity index (χ2n) is 2.85. The lowest BCUT2D eigenvalue weighted by Crippen LogP contribution is -1.99. The van der Waals surface area contributed by atoms with E-state index in [1.807, 2.05) is 0 Å². The number of nitrogens with zero attached hydrogens (tertiary/aromatic N) is 2. The van der Waals surface area contributed by atoms with Crippen LogP contribution in [0, 0.1) is 5.82 Å². The predicted molar refractivity (Wildman–Crippen MR) is 49.4 cm³/mol. The number of halogens is 1. The van der Waals surface area contributed by atoms with E-state index in [2.05, 4.69) is 4.98 Å². The third-order valence-electron chi connectivity index (χ3n) is 1.96. The van der Waals surface area contributed by atoms with E-state index in [0.29, 0.717) is 5.82 Å². The Morgan fingerprint density at radius 3 is 2.64 bits per heavy atom. The molecule has 14 heavy (non-hydrogen) atoms. The Morgan fingerprint density at radius 1 is 1.29 bits per heavy atom. The Morgan fingerprint density at radius 2 is 2.00 bits per heavy atom. The van der Waals surface area contributed by atoms with Crippen LogP contribution < -0.4 is 0 Å². The average molecular weight is 192 g/mol. The Hall–Kier alpha value is -1.68. The van der Waals surface area contributed by atoms with Gasteiger partial charge in [0.1, 0.15) is 18.2 Å². The zero-order valence-corrected chi connectivity index (χ0v) is 7.39. The zero-order chi connectivity index (χ0) is 9.97. The lowest BCUT2D eigenvalue weighted by molar-refractivity contribution is 0.269. The van der Waals surface area contributed by atoms with Crippen LogP contribution in [0.5, 0.6) is 0 Å². The monoisotopic (exact) mass is 192 g/mol. The quantitative estimate of drug-likeness (QED) is 0.783. The van der Waals surface area contributed by atoms with Gasteiger partial charge in [-0.05, 0) is 24.3 Å². The number of hydrogen-bond donors (Lipinski definition) is 1. The predicted octanol–water partition coefficient (Wildman–Crippen LogP) is 1.50. The summed E-state index contributed by atoms with van der Waals surface area (Å²) in [6.45, 7) is -0.135. The van der Waals surface area contributed by atoms with Crippen molar-refractivity contribution >= 4 is 0 Å². The molecule has 0 aliphatic carbocycles. The molecule has 2 rings (SSSR count). The third kappa shape index (κ3) is 1.52. The van der Waals surface area contributed by atoms with Crippen molar-refractivity contribution in [1.82, 2.24) is 9.55 Å². The van der Waals surface area contributed by atoms with Crippen molar-refractivity contribution in [3.63, 3.8) is 0 Å². The number of aliphatic hydroxyl groups excluding tert-OH is 1. The Labute approximate surface area is 80.5 Å². The largest absolute Gasteiger partial charge is 0.388 e. The van der Waals surface area contributed by atoms with Gasteiger partial charge in [0, 0.05) is 18.1 Å². The minimum Gasteiger partial charge on any atom is -0.388 e. The van der Waals surface area contributed by atoms with Crippen molar-refractivity contribution in [2.24, 2.45) is 0 Å². The van der Waals surface area contributed by atoms with Crippen LogP contribution in [0.4, 0.5) is 4.39 Å². The molecule has 0 saturated carbocycles. The van der Waals surface area contributed by atoms with E-state index in [1.54, 1.807) is 29.1 Å². The molecule has 0 amide bonds. The van der Waals surface area contributed by atoms with Gasteiger partial charge >= 0.3 is 0 Å². The first kappa shape index (κ1) is 8.90. The van der Waals surface area contributed by atoms with Gasteiger partial charge in [0.05, 0.1) is 0 Å². The highest BCUT2D eigenvalue weighted by Gasteiger charge is 2.02. The molecular formula is C10H9FN2O. The Bertz CT molecular complexity index is 422. The van der Waals surface area contributed by atoms with Gasteiger partial charge in [-0.2, -0.15) is 0 Å². The van der Waals surface area contributed by atoms with Gasteiger partial charge in [-0.3, -0.25) is 0 Å². The molecule has 3 nitrogen and oxygen atoms in total. The molecule has 0 fully saturated rings. The number of hydrogen-bond acceptors (Lipinski definition) is 2. The van der Waals surface area contributed by atoms with Crippen LogP contribution in [0.1, 0.15) is 5.82 Å². The smallest absolute Gasteiger partial charge is 0.139 e. The maximum absolute atomic E-state index is 12.6. The molecule has 4 heteroatoms. The molecule has 0 radical (unpaired) electrons. The van der Waals surface area contributed by atoms with Crippen molar-refractivity contribution in [3.05, 3.63) is 48.3 Å². The molecule has 0 aliphatic rings. The maximum atomic E-state index is 12.6. The minimum absolute atomic E-state index is 0.135. The number of imidazole rings is 1. The van der Waals surface area contributed by atoms with Gasteiger partial charge in [-0.25, -0.2) is 9.37 Å². The van der Waals surface area contributed by atoms with E-state index in [1.165, 1.54) is 12.1 Å². The summed E-state index contributed by atoms with van der Waals surface area (Å²) in [7, 11) is 0. The molecule has 0 saturated heterocycles. The van der Waals surface area contributed by atoms with Crippen molar-refractivity contribution in [1.29, 1.82) is 0 Å². The molecule has 72 valence electrons. The van der Waals surface area contributed by atoms with Crippen molar-refractivity contribution in [2.75, 3.05) is 0 Å². The summed E-state index contributed by atoms with van der Waals surface area (Å²) in [5.74, 6) is 0.260. The van der Waals surface area contributed by atoms with E-state index in [0.717, 1.165) is 5.69 Å². The van der Waals surface area contributed by atoms with Gasteiger partial charge in [0.15, 0.2) is 0 Å².